The number of methoxy groups -OCH3 is 3. The second-order valence-corrected chi connectivity index (χ2v) is 7.76. The average Bonchev–Trinajstić information content (AvgIpc) is 2.76. The molecule has 0 bridgehead atoms. The molecule has 2 amide bonds. The summed E-state index contributed by atoms with van der Waals surface area (Å²) in [7, 11) is -0.720. The molecule has 0 aliphatic carbocycles. The minimum Gasteiger partial charge on any atom is -0.481 e. The fourth-order valence-electron chi connectivity index (χ4n) is 2.75. The number of aromatic nitrogens is 3. The van der Waals surface area contributed by atoms with E-state index in [2.05, 4.69) is 20.3 Å². The number of hydrogen-bond donors (Lipinski definition) is 2. The van der Waals surface area contributed by atoms with Gasteiger partial charge in [0, 0.05) is 19.9 Å². The third-order valence-corrected chi connectivity index (χ3v) is 5.49. The fraction of sp³-hybridized carbons (Fsp3) is 0.444. The standard InChI is InChI=1S/C18H24FN5O7S/c1-6-31-18(30-5,11(2)19)15-12(8-7-9-20-15)32(26,27)24-17(25)23-16-21-13(28-3)10-14(22-16)29-4/h7-11H,6H2,1-5H3,(H2,21,22,23,24,25). The van der Waals surface area contributed by atoms with E-state index in [9.17, 15) is 17.6 Å². The summed E-state index contributed by atoms with van der Waals surface area (Å²) in [4.78, 5) is 23.6. The molecule has 2 rings (SSSR count). The number of nitrogens with one attached hydrogen (secondary N) is 2. The summed E-state index contributed by atoms with van der Waals surface area (Å²) in [5.41, 5.74) is -0.362. The Morgan fingerprint density at radius 3 is 2.34 bits per heavy atom. The minimum atomic E-state index is -4.56. The third kappa shape index (κ3) is 5.38. The maximum atomic E-state index is 14.5. The van der Waals surface area contributed by atoms with Crippen LogP contribution in [-0.4, -0.2) is 63.5 Å². The van der Waals surface area contributed by atoms with Crippen molar-refractivity contribution in [3.63, 3.8) is 0 Å². The van der Waals surface area contributed by atoms with E-state index < -0.39 is 32.9 Å². The summed E-state index contributed by atoms with van der Waals surface area (Å²) in [6.07, 6.45) is -0.553. The highest BCUT2D eigenvalue weighted by atomic mass is 32.2. The number of amides is 2. The lowest BCUT2D eigenvalue weighted by atomic mass is 10.1. The maximum absolute atomic E-state index is 14.5. The normalized spacial score (nSPS) is 14.2. The number of alkyl halides is 1. The lowest BCUT2D eigenvalue weighted by Gasteiger charge is -2.33. The molecule has 0 fully saturated rings. The van der Waals surface area contributed by atoms with Crippen molar-refractivity contribution >= 4 is 22.0 Å². The molecule has 14 heteroatoms. The van der Waals surface area contributed by atoms with Gasteiger partial charge in [-0.3, -0.25) is 10.3 Å². The zero-order valence-corrected chi connectivity index (χ0v) is 18.9. The first-order chi connectivity index (χ1) is 15.1. The molecular weight excluding hydrogens is 449 g/mol. The van der Waals surface area contributed by atoms with Gasteiger partial charge >= 0.3 is 6.03 Å². The number of anilines is 1. The van der Waals surface area contributed by atoms with E-state index in [1.54, 1.807) is 11.6 Å². The van der Waals surface area contributed by atoms with E-state index in [0.29, 0.717) is 0 Å². The molecule has 32 heavy (non-hydrogen) atoms. The van der Waals surface area contributed by atoms with Gasteiger partial charge in [-0.2, -0.15) is 9.97 Å². The van der Waals surface area contributed by atoms with Gasteiger partial charge in [-0.25, -0.2) is 22.3 Å². The Bertz CT molecular complexity index is 1030. The molecule has 2 aromatic heterocycles. The summed E-state index contributed by atoms with van der Waals surface area (Å²) in [5, 5.41) is 2.17. The van der Waals surface area contributed by atoms with Gasteiger partial charge in [0.05, 0.1) is 20.3 Å². The third-order valence-electron chi connectivity index (χ3n) is 4.13. The summed E-state index contributed by atoms with van der Waals surface area (Å²) < 4.78 is 62.8. The number of urea groups is 1. The lowest BCUT2D eigenvalue weighted by Crippen LogP contribution is -2.44. The average molecular weight is 473 g/mol. The zero-order chi connectivity index (χ0) is 23.9. The highest BCUT2D eigenvalue weighted by molar-refractivity contribution is 7.90. The van der Waals surface area contributed by atoms with Crippen molar-refractivity contribution in [2.75, 3.05) is 33.3 Å². The van der Waals surface area contributed by atoms with Crippen LogP contribution >= 0.6 is 0 Å². The molecular formula is C18H24FN5O7S. The quantitative estimate of drug-likeness (QED) is 0.487. The predicted octanol–water partition coefficient (Wildman–Crippen LogP) is 1.59. The van der Waals surface area contributed by atoms with Crippen LogP contribution in [0.25, 0.3) is 0 Å². The molecule has 12 nitrogen and oxygen atoms in total. The van der Waals surface area contributed by atoms with E-state index in [0.717, 1.165) is 20.1 Å². The number of nitrogens with zero attached hydrogens (tertiary/aromatic N) is 3. The van der Waals surface area contributed by atoms with E-state index in [-0.39, 0.29) is 30.0 Å². The SMILES string of the molecule is CCOC(OC)(c1ncccc1S(=O)(=O)NC(=O)Nc1nc(OC)cc(OC)n1)C(C)F. The maximum Gasteiger partial charge on any atom is 0.335 e. The minimum absolute atomic E-state index is 0.00108. The first-order valence-electron chi connectivity index (χ1n) is 9.23. The van der Waals surface area contributed by atoms with Crippen LogP contribution in [-0.2, 0) is 25.3 Å². The molecule has 0 saturated carbocycles. The molecule has 2 heterocycles. The van der Waals surface area contributed by atoms with Crippen LogP contribution in [0.3, 0.4) is 0 Å². The zero-order valence-electron chi connectivity index (χ0n) is 18.1. The van der Waals surface area contributed by atoms with Crippen molar-refractivity contribution in [3.8, 4) is 11.8 Å². The number of pyridine rings is 1. The van der Waals surface area contributed by atoms with Gasteiger partial charge in [0.25, 0.3) is 10.0 Å². The Hall–Kier alpha value is -3.10. The smallest absolute Gasteiger partial charge is 0.335 e. The second-order valence-electron chi connectivity index (χ2n) is 6.11. The van der Waals surface area contributed by atoms with Crippen LogP contribution in [0.4, 0.5) is 15.1 Å². The molecule has 0 aliphatic rings. The largest absolute Gasteiger partial charge is 0.481 e. The Kier molecular flexibility index (Phi) is 8.24. The fourth-order valence-corrected chi connectivity index (χ4v) is 3.86. The first-order valence-corrected chi connectivity index (χ1v) is 10.7. The Balaban J connectivity index is 2.39. The Labute approximate surface area is 184 Å². The van der Waals surface area contributed by atoms with E-state index in [1.165, 1.54) is 32.5 Å². The first kappa shape index (κ1) is 25.2. The highest BCUT2D eigenvalue weighted by Gasteiger charge is 2.45. The number of sulfonamides is 1. The monoisotopic (exact) mass is 473 g/mol. The van der Waals surface area contributed by atoms with Gasteiger partial charge in [0.1, 0.15) is 10.6 Å². The van der Waals surface area contributed by atoms with Crippen molar-refractivity contribution in [3.05, 3.63) is 30.1 Å². The van der Waals surface area contributed by atoms with Crippen LogP contribution in [0.5, 0.6) is 11.8 Å². The number of hydrogen-bond acceptors (Lipinski definition) is 10. The predicted molar refractivity (Wildman–Crippen MR) is 110 cm³/mol. The molecule has 0 spiro atoms. The van der Waals surface area contributed by atoms with Gasteiger partial charge < -0.3 is 18.9 Å². The van der Waals surface area contributed by atoms with Crippen LogP contribution < -0.4 is 19.5 Å². The van der Waals surface area contributed by atoms with Gasteiger partial charge in [-0.15, -0.1) is 0 Å². The van der Waals surface area contributed by atoms with Crippen molar-refractivity contribution in [1.29, 1.82) is 0 Å². The molecule has 176 valence electrons. The molecule has 0 radical (unpaired) electrons. The Morgan fingerprint density at radius 2 is 1.84 bits per heavy atom. The van der Waals surface area contributed by atoms with Gasteiger partial charge in [0.2, 0.25) is 23.5 Å². The van der Waals surface area contributed by atoms with E-state index in [1.807, 2.05) is 0 Å². The molecule has 2 aromatic rings. The van der Waals surface area contributed by atoms with Crippen LogP contribution in [0.2, 0.25) is 0 Å². The van der Waals surface area contributed by atoms with Gasteiger partial charge in [-0.1, -0.05) is 0 Å². The molecule has 0 aromatic carbocycles. The van der Waals surface area contributed by atoms with Crippen molar-refractivity contribution in [1.82, 2.24) is 19.7 Å². The Morgan fingerprint density at radius 1 is 1.22 bits per heavy atom. The summed E-state index contributed by atoms with van der Waals surface area (Å²) >= 11 is 0. The molecule has 2 unspecified atom stereocenters. The highest BCUT2D eigenvalue weighted by Crippen LogP contribution is 2.35. The summed E-state index contributed by atoms with van der Waals surface area (Å²) in [5.74, 6) is -2.25. The molecule has 0 saturated heterocycles. The number of carbonyl (C=O) groups is 1. The van der Waals surface area contributed by atoms with Crippen molar-refractivity contribution < 1.29 is 36.6 Å². The summed E-state index contributed by atoms with van der Waals surface area (Å²) in [6.45, 7) is 2.72. The van der Waals surface area contributed by atoms with Gasteiger partial charge in [0.15, 0.2) is 6.17 Å². The van der Waals surface area contributed by atoms with Gasteiger partial charge in [-0.05, 0) is 26.0 Å². The molecule has 2 N–H and O–H groups in total. The molecule has 2 atom stereocenters. The van der Waals surface area contributed by atoms with Crippen LogP contribution in [0.1, 0.15) is 19.5 Å². The van der Waals surface area contributed by atoms with E-state index >= 15 is 0 Å². The van der Waals surface area contributed by atoms with Crippen molar-refractivity contribution in [2.24, 2.45) is 0 Å². The van der Waals surface area contributed by atoms with Crippen molar-refractivity contribution in [2.45, 2.75) is 30.7 Å². The number of carbonyl (C=O) groups excluding carboxylic acids is 1. The number of rotatable bonds is 10. The summed E-state index contributed by atoms with van der Waals surface area (Å²) in [6, 6.07) is 2.61. The van der Waals surface area contributed by atoms with Crippen LogP contribution in [0.15, 0.2) is 29.3 Å². The number of ether oxygens (including phenoxy) is 4. The number of halogens is 1. The van der Waals surface area contributed by atoms with Crippen LogP contribution in [0, 0.1) is 0 Å². The topological polar surface area (TPSA) is 151 Å². The van der Waals surface area contributed by atoms with E-state index in [4.69, 9.17) is 18.9 Å². The second kappa shape index (κ2) is 10.5. The lowest BCUT2D eigenvalue weighted by molar-refractivity contribution is -0.265. The molecule has 0 aliphatic heterocycles.